The summed E-state index contributed by atoms with van der Waals surface area (Å²) < 4.78 is 27.1. The number of sulfonamides is 1. The average Bonchev–Trinajstić information content (AvgIpc) is 3.40. The fourth-order valence-electron chi connectivity index (χ4n) is 3.20. The predicted molar refractivity (Wildman–Crippen MR) is 112 cm³/mol. The number of thiophene rings is 1. The molecule has 10 heteroatoms. The Morgan fingerprint density at radius 3 is 2.55 bits per heavy atom. The van der Waals surface area contributed by atoms with Gasteiger partial charge < -0.3 is 10.6 Å². The molecule has 0 spiro atoms. The van der Waals surface area contributed by atoms with Crippen LogP contribution in [0.1, 0.15) is 18.4 Å². The maximum Gasteiger partial charge on any atom is 0.309 e. The number of rotatable bonds is 7. The van der Waals surface area contributed by atoms with Crippen LogP contribution in [0.2, 0.25) is 5.02 Å². The number of nitrogens with one attached hydrogen (secondary N) is 2. The van der Waals surface area contributed by atoms with Gasteiger partial charge in [-0.2, -0.15) is 4.31 Å². The third kappa shape index (κ3) is 5.57. The van der Waals surface area contributed by atoms with Crippen molar-refractivity contribution < 1.29 is 18.0 Å². The van der Waals surface area contributed by atoms with Gasteiger partial charge in [0, 0.05) is 30.7 Å². The summed E-state index contributed by atoms with van der Waals surface area (Å²) in [6.45, 7) is 0.832. The lowest BCUT2D eigenvalue weighted by atomic mass is 10.1. The Hall–Kier alpha value is -1.94. The molecular weight excluding hydrogens is 434 g/mol. The quantitative estimate of drug-likeness (QED) is 0.624. The molecule has 29 heavy (non-hydrogen) atoms. The molecule has 1 unspecified atom stereocenters. The van der Waals surface area contributed by atoms with Crippen molar-refractivity contribution in [3.05, 3.63) is 52.4 Å². The van der Waals surface area contributed by atoms with Crippen LogP contribution in [-0.4, -0.2) is 50.2 Å². The molecule has 156 valence electrons. The number of amides is 2. The second-order valence-corrected chi connectivity index (χ2v) is 10.2. The number of hydrogen-bond donors (Lipinski definition) is 2. The standard InChI is InChI=1S/C19H22ClN3O4S2/c20-15-7-5-14(6-8-15)9-10-21-18(24)19(25)22-13-16-3-1-11-23(16)29(26,27)17-4-2-12-28-17/h2,4-8,12,16H,1,3,9-11,13H2,(H,21,24)(H,22,25). The summed E-state index contributed by atoms with van der Waals surface area (Å²) >= 11 is 7.00. The molecule has 7 nitrogen and oxygen atoms in total. The van der Waals surface area contributed by atoms with Crippen LogP contribution in [0.4, 0.5) is 0 Å². The van der Waals surface area contributed by atoms with Crippen LogP contribution in [0.5, 0.6) is 0 Å². The summed E-state index contributed by atoms with van der Waals surface area (Å²) in [5.74, 6) is -1.49. The van der Waals surface area contributed by atoms with Crippen molar-refractivity contribution in [3.63, 3.8) is 0 Å². The highest BCUT2D eigenvalue weighted by Crippen LogP contribution is 2.28. The van der Waals surface area contributed by atoms with E-state index < -0.39 is 21.8 Å². The number of benzene rings is 1. The van der Waals surface area contributed by atoms with E-state index in [4.69, 9.17) is 11.6 Å². The minimum absolute atomic E-state index is 0.105. The maximum absolute atomic E-state index is 12.7. The van der Waals surface area contributed by atoms with Gasteiger partial charge in [0.1, 0.15) is 4.21 Å². The number of halogens is 1. The van der Waals surface area contributed by atoms with Gasteiger partial charge >= 0.3 is 11.8 Å². The topological polar surface area (TPSA) is 95.6 Å². The van der Waals surface area contributed by atoms with E-state index in [-0.39, 0.29) is 16.8 Å². The smallest absolute Gasteiger partial charge is 0.309 e. The Labute approximate surface area is 179 Å². The first-order valence-corrected chi connectivity index (χ1v) is 11.9. The van der Waals surface area contributed by atoms with Gasteiger partial charge in [-0.1, -0.05) is 29.8 Å². The summed E-state index contributed by atoms with van der Waals surface area (Å²) in [7, 11) is -3.57. The van der Waals surface area contributed by atoms with Gasteiger partial charge in [-0.25, -0.2) is 8.42 Å². The highest BCUT2D eigenvalue weighted by atomic mass is 35.5. The molecular formula is C19H22ClN3O4S2. The van der Waals surface area contributed by atoms with Crippen LogP contribution in [0.3, 0.4) is 0 Å². The van der Waals surface area contributed by atoms with Gasteiger partial charge in [0.15, 0.2) is 0 Å². The van der Waals surface area contributed by atoms with E-state index in [9.17, 15) is 18.0 Å². The predicted octanol–water partition coefficient (Wildman–Crippen LogP) is 2.03. The molecule has 3 rings (SSSR count). The summed E-state index contributed by atoms with van der Waals surface area (Å²) in [4.78, 5) is 24.0. The summed E-state index contributed by atoms with van der Waals surface area (Å²) in [6.07, 6.45) is 1.94. The van der Waals surface area contributed by atoms with Crippen LogP contribution < -0.4 is 10.6 Å². The van der Waals surface area contributed by atoms with E-state index in [1.807, 2.05) is 12.1 Å². The van der Waals surface area contributed by atoms with Crippen molar-refractivity contribution in [1.29, 1.82) is 0 Å². The van der Waals surface area contributed by atoms with Gasteiger partial charge in [-0.15, -0.1) is 11.3 Å². The molecule has 2 heterocycles. The number of carbonyl (C=O) groups is 2. The fourth-order valence-corrected chi connectivity index (χ4v) is 6.14. The van der Waals surface area contributed by atoms with E-state index in [1.165, 1.54) is 15.6 Å². The largest absolute Gasteiger partial charge is 0.348 e. The van der Waals surface area contributed by atoms with E-state index in [1.54, 1.807) is 29.6 Å². The van der Waals surface area contributed by atoms with E-state index in [0.717, 1.165) is 12.0 Å². The molecule has 2 amide bonds. The summed E-state index contributed by atoms with van der Waals surface area (Å²) in [5.41, 5.74) is 0.996. The van der Waals surface area contributed by atoms with Crippen LogP contribution in [0.15, 0.2) is 46.0 Å². The van der Waals surface area contributed by atoms with Crippen molar-refractivity contribution in [1.82, 2.24) is 14.9 Å². The van der Waals surface area contributed by atoms with Crippen molar-refractivity contribution in [2.45, 2.75) is 29.5 Å². The molecule has 1 atom stereocenters. The lowest BCUT2D eigenvalue weighted by Crippen LogP contribution is -2.47. The first-order chi connectivity index (χ1) is 13.9. The Bertz CT molecular complexity index is 946. The number of hydrogen-bond acceptors (Lipinski definition) is 5. The minimum atomic E-state index is -3.57. The lowest BCUT2D eigenvalue weighted by molar-refractivity contribution is -0.139. The molecule has 0 saturated carbocycles. The molecule has 1 fully saturated rings. The fraction of sp³-hybridized carbons (Fsp3) is 0.368. The summed E-state index contributed by atoms with van der Waals surface area (Å²) in [5, 5.41) is 7.48. The van der Waals surface area contributed by atoms with Crippen molar-refractivity contribution >= 4 is 44.8 Å². The number of carbonyl (C=O) groups excluding carboxylic acids is 2. The minimum Gasteiger partial charge on any atom is -0.348 e. The van der Waals surface area contributed by atoms with Crippen molar-refractivity contribution in [2.75, 3.05) is 19.6 Å². The Balaban J connectivity index is 1.46. The van der Waals surface area contributed by atoms with Crippen molar-refractivity contribution in [2.24, 2.45) is 0 Å². The molecule has 1 aliphatic rings. The van der Waals surface area contributed by atoms with E-state index >= 15 is 0 Å². The summed E-state index contributed by atoms with van der Waals surface area (Å²) in [6, 6.07) is 10.2. The highest BCUT2D eigenvalue weighted by Gasteiger charge is 2.36. The van der Waals surface area contributed by atoms with Gasteiger partial charge in [-0.05, 0) is 48.4 Å². The molecule has 1 aromatic heterocycles. The number of nitrogens with zero attached hydrogens (tertiary/aromatic N) is 1. The third-order valence-electron chi connectivity index (χ3n) is 4.70. The Morgan fingerprint density at radius 1 is 1.14 bits per heavy atom. The second kappa shape index (κ2) is 9.71. The third-order valence-corrected chi connectivity index (χ3v) is 8.27. The SMILES string of the molecule is O=C(NCCc1ccc(Cl)cc1)C(=O)NCC1CCCN1S(=O)(=O)c1cccs1. The zero-order valence-corrected chi connectivity index (χ0v) is 18.0. The van der Waals surface area contributed by atoms with Crippen LogP contribution in [0.25, 0.3) is 0 Å². The molecule has 2 aromatic rings. The van der Waals surface area contributed by atoms with Gasteiger partial charge in [0.05, 0.1) is 0 Å². The van der Waals surface area contributed by atoms with E-state index in [2.05, 4.69) is 10.6 Å². The normalized spacial score (nSPS) is 17.2. The second-order valence-electron chi connectivity index (χ2n) is 6.69. The van der Waals surface area contributed by atoms with Gasteiger partial charge in [0.2, 0.25) is 0 Å². The monoisotopic (exact) mass is 455 g/mol. The molecule has 1 saturated heterocycles. The van der Waals surface area contributed by atoms with Gasteiger partial charge in [0.25, 0.3) is 10.0 Å². The molecule has 1 aliphatic heterocycles. The molecule has 1 aromatic carbocycles. The average molecular weight is 456 g/mol. The molecule has 2 N–H and O–H groups in total. The Kier molecular flexibility index (Phi) is 7.28. The van der Waals surface area contributed by atoms with Crippen molar-refractivity contribution in [3.8, 4) is 0 Å². The first kappa shape index (κ1) is 21.8. The zero-order chi connectivity index (χ0) is 20.9. The van der Waals surface area contributed by atoms with E-state index in [0.29, 0.717) is 31.0 Å². The molecule has 0 radical (unpaired) electrons. The zero-order valence-electron chi connectivity index (χ0n) is 15.6. The van der Waals surface area contributed by atoms with Crippen LogP contribution >= 0.6 is 22.9 Å². The molecule has 0 bridgehead atoms. The van der Waals surface area contributed by atoms with Gasteiger partial charge in [-0.3, -0.25) is 9.59 Å². The van der Waals surface area contributed by atoms with Crippen LogP contribution in [-0.2, 0) is 26.0 Å². The maximum atomic E-state index is 12.7. The first-order valence-electron chi connectivity index (χ1n) is 9.24. The highest BCUT2D eigenvalue weighted by molar-refractivity contribution is 7.91. The molecule has 0 aliphatic carbocycles. The Morgan fingerprint density at radius 2 is 1.86 bits per heavy atom. The van der Waals surface area contributed by atoms with Crippen LogP contribution in [0, 0.1) is 0 Å². The lowest BCUT2D eigenvalue weighted by Gasteiger charge is -2.23.